The number of pyridine rings is 1. The summed E-state index contributed by atoms with van der Waals surface area (Å²) in [5.41, 5.74) is 2.94. The lowest BCUT2D eigenvalue weighted by Gasteiger charge is -2.50. The van der Waals surface area contributed by atoms with E-state index in [4.69, 9.17) is 0 Å². The van der Waals surface area contributed by atoms with Crippen molar-refractivity contribution in [3.05, 3.63) is 48.7 Å². The van der Waals surface area contributed by atoms with Crippen LogP contribution in [0.1, 0.15) is 19.8 Å². The lowest BCUT2D eigenvalue weighted by molar-refractivity contribution is 0.0457. The molecule has 2 bridgehead atoms. The average Bonchev–Trinajstić information content (AvgIpc) is 2.71. The Balaban J connectivity index is 1.41. The molecule has 3 aromatic rings. The summed E-state index contributed by atoms with van der Waals surface area (Å²) in [6, 6.07) is 15.3. The molecule has 3 aliphatic rings. The molecule has 3 fully saturated rings. The molecule has 1 N–H and O–H groups in total. The van der Waals surface area contributed by atoms with E-state index in [2.05, 4.69) is 56.6 Å². The van der Waals surface area contributed by atoms with Crippen molar-refractivity contribution in [3.8, 4) is 11.3 Å². The predicted octanol–water partition coefficient (Wildman–Crippen LogP) is 3.59. The smallest absolute Gasteiger partial charge is 0.148 e. The molecule has 3 saturated heterocycles. The number of aromatic nitrogens is 3. The number of anilines is 1. The van der Waals surface area contributed by atoms with Gasteiger partial charge in [0.05, 0.1) is 11.2 Å². The normalized spacial score (nSPS) is 27.6. The Bertz CT molecular complexity index is 908. The molecule has 132 valence electrons. The van der Waals surface area contributed by atoms with E-state index in [0.29, 0.717) is 12.1 Å². The zero-order valence-electron chi connectivity index (χ0n) is 15.0. The summed E-state index contributed by atoms with van der Waals surface area (Å²) in [6.07, 6.45) is 4.40. The van der Waals surface area contributed by atoms with Gasteiger partial charge in [-0.1, -0.05) is 18.2 Å². The highest BCUT2D eigenvalue weighted by atomic mass is 15.2. The molecule has 0 saturated carbocycles. The van der Waals surface area contributed by atoms with Crippen LogP contribution in [-0.4, -0.2) is 45.3 Å². The fourth-order valence-corrected chi connectivity index (χ4v) is 4.60. The summed E-state index contributed by atoms with van der Waals surface area (Å²) in [5, 5.41) is 13.7. The summed E-state index contributed by atoms with van der Waals surface area (Å²) in [6.45, 7) is 4.81. The van der Waals surface area contributed by atoms with E-state index in [0.717, 1.165) is 33.9 Å². The van der Waals surface area contributed by atoms with Crippen molar-refractivity contribution in [2.24, 2.45) is 5.92 Å². The maximum atomic E-state index is 4.50. The van der Waals surface area contributed by atoms with Crippen LogP contribution in [0.15, 0.2) is 48.7 Å². The van der Waals surface area contributed by atoms with Crippen LogP contribution in [0.4, 0.5) is 5.82 Å². The van der Waals surface area contributed by atoms with Gasteiger partial charge in [0.1, 0.15) is 5.82 Å². The van der Waals surface area contributed by atoms with Gasteiger partial charge in [0, 0.05) is 29.2 Å². The summed E-state index contributed by atoms with van der Waals surface area (Å²) >= 11 is 0. The third-order valence-corrected chi connectivity index (χ3v) is 6.08. The van der Waals surface area contributed by atoms with Crippen molar-refractivity contribution < 1.29 is 0 Å². The fraction of sp³-hybridized carbons (Fsp3) is 0.381. The molecule has 0 spiro atoms. The molecule has 6 rings (SSSR count). The first-order valence-electron chi connectivity index (χ1n) is 9.48. The number of rotatable bonds is 3. The zero-order valence-corrected chi connectivity index (χ0v) is 15.0. The molecular weight excluding hydrogens is 322 g/mol. The van der Waals surface area contributed by atoms with Gasteiger partial charge in [-0.25, -0.2) is 0 Å². The predicted molar refractivity (Wildman–Crippen MR) is 104 cm³/mol. The highest BCUT2D eigenvalue weighted by Crippen LogP contribution is 2.34. The van der Waals surface area contributed by atoms with Crippen LogP contribution in [0, 0.1) is 5.92 Å². The van der Waals surface area contributed by atoms with Crippen LogP contribution in [0.25, 0.3) is 22.2 Å². The molecule has 5 heteroatoms. The van der Waals surface area contributed by atoms with Crippen molar-refractivity contribution in [1.82, 2.24) is 20.1 Å². The highest BCUT2D eigenvalue weighted by Gasteiger charge is 2.39. The molecular formula is C21H23N5. The highest BCUT2D eigenvalue weighted by molar-refractivity contribution is 5.93. The third kappa shape index (κ3) is 2.63. The number of nitrogens with zero attached hydrogens (tertiary/aromatic N) is 4. The van der Waals surface area contributed by atoms with E-state index in [-0.39, 0.29) is 0 Å². The molecule has 5 heterocycles. The van der Waals surface area contributed by atoms with Gasteiger partial charge in [-0.2, -0.15) is 0 Å². The van der Waals surface area contributed by atoms with Crippen LogP contribution >= 0.6 is 0 Å². The largest absolute Gasteiger partial charge is 0.364 e. The molecule has 26 heavy (non-hydrogen) atoms. The molecule has 2 aromatic heterocycles. The molecule has 0 amide bonds. The van der Waals surface area contributed by atoms with E-state index in [9.17, 15) is 0 Å². The second-order valence-electron chi connectivity index (χ2n) is 7.46. The first-order valence-corrected chi connectivity index (χ1v) is 9.48. The van der Waals surface area contributed by atoms with Crippen LogP contribution in [-0.2, 0) is 0 Å². The van der Waals surface area contributed by atoms with Crippen LogP contribution < -0.4 is 5.32 Å². The number of fused-ring (bicyclic) bond motifs is 4. The topological polar surface area (TPSA) is 53.9 Å². The van der Waals surface area contributed by atoms with Crippen molar-refractivity contribution in [2.75, 3.05) is 18.4 Å². The van der Waals surface area contributed by atoms with Crippen LogP contribution in [0.2, 0.25) is 0 Å². The summed E-state index contributed by atoms with van der Waals surface area (Å²) in [4.78, 5) is 7.01. The van der Waals surface area contributed by atoms with Crippen molar-refractivity contribution in [1.29, 1.82) is 0 Å². The molecule has 5 nitrogen and oxygen atoms in total. The van der Waals surface area contributed by atoms with Gasteiger partial charge < -0.3 is 5.32 Å². The number of hydrogen-bond donors (Lipinski definition) is 1. The van der Waals surface area contributed by atoms with Gasteiger partial charge in [-0.15, -0.1) is 10.2 Å². The van der Waals surface area contributed by atoms with Crippen LogP contribution in [0.3, 0.4) is 0 Å². The first kappa shape index (κ1) is 15.7. The number of piperidine rings is 3. The molecule has 1 aromatic carbocycles. The van der Waals surface area contributed by atoms with Gasteiger partial charge in [0.2, 0.25) is 0 Å². The molecule has 3 aliphatic heterocycles. The first-order chi connectivity index (χ1) is 12.8. The SMILES string of the molecule is C[C@@H]1[C@H](Nc2ccc(-c3cccc4ncccc34)nn2)C2CCN1CC2. The summed E-state index contributed by atoms with van der Waals surface area (Å²) in [7, 11) is 0. The molecule has 0 aliphatic carbocycles. The van der Waals surface area contributed by atoms with E-state index in [1.54, 1.807) is 0 Å². The quantitative estimate of drug-likeness (QED) is 0.786. The molecule has 0 radical (unpaired) electrons. The third-order valence-electron chi connectivity index (χ3n) is 6.08. The van der Waals surface area contributed by atoms with Gasteiger partial charge >= 0.3 is 0 Å². The maximum absolute atomic E-state index is 4.50. The number of benzene rings is 1. The Morgan fingerprint density at radius 1 is 1.00 bits per heavy atom. The fourth-order valence-electron chi connectivity index (χ4n) is 4.60. The van der Waals surface area contributed by atoms with Gasteiger partial charge in [-0.3, -0.25) is 9.88 Å². The lowest BCUT2D eigenvalue weighted by Crippen LogP contribution is -2.59. The summed E-state index contributed by atoms with van der Waals surface area (Å²) < 4.78 is 0. The summed E-state index contributed by atoms with van der Waals surface area (Å²) in [5.74, 6) is 1.62. The number of hydrogen-bond acceptors (Lipinski definition) is 5. The maximum Gasteiger partial charge on any atom is 0.148 e. The Labute approximate surface area is 153 Å². The Hall–Kier alpha value is -2.53. The minimum absolute atomic E-state index is 0.472. The van der Waals surface area contributed by atoms with Gasteiger partial charge in [0.25, 0.3) is 0 Å². The lowest BCUT2D eigenvalue weighted by atomic mass is 9.79. The van der Waals surface area contributed by atoms with E-state index < -0.39 is 0 Å². The number of nitrogens with one attached hydrogen (secondary N) is 1. The van der Waals surface area contributed by atoms with Crippen LogP contribution in [0.5, 0.6) is 0 Å². The van der Waals surface area contributed by atoms with Gasteiger partial charge in [-0.05, 0) is 63.0 Å². The van der Waals surface area contributed by atoms with Crippen molar-refractivity contribution >= 4 is 16.7 Å². The van der Waals surface area contributed by atoms with E-state index in [1.807, 2.05) is 24.4 Å². The van der Waals surface area contributed by atoms with E-state index in [1.165, 1.54) is 25.9 Å². The Morgan fingerprint density at radius 3 is 2.65 bits per heavy atom. The Kier molecular flexibility index (Phi) is 3.82. The van der Waals surface area contributed by atoms with Gasteiger partial charge in [0.15, 0.2) is 0 Å². The Morgan fingerprint density at radius 2 is 1.88 bits per heavy atom. The monoisotopic (exact) mass is 345 g/mol. The van der Waals surface area contributed by atoms with E-state index >= 15 is 0 Å². The molecule has 0 unspecified atom stereocenters. The minimum atomic E-state index is 0.472. The second kappa shape index (κ2) is 6.32. The van der Waals surface area contributed by atoms with Crippen molar-refractivity contribution in [3.63, 3.8) is 0 Å². The second-order valence-corrected chi connectivity index (χ2v) is 7.46. The zero-order chi connectivity index (χ0) is 17.5. The van der Waals surface area contributed by atoms with Crippen molar-refractivity contribution in [2.45, 2.75) is 31.8 Å². The molecule has 2 atom stereocenters. The standard InChI is InChI=1S/C21H23N5/c1-14-21(15-9-12-26(14)13-10-15)23-20-8-7-19(24-25-20)17-4-2-6-18-16(17)5-3-11-22-18/h2-8,11,14-15,21H,9-10,12-13H2,1H3,(H,23,25)/t14-,21+/m1/s1. The average molecular weight is 345 g/mol. The minimum Gasteiger partial charge on any atom is -0.364 e.